The molecule has 9 nitrogen and oxygen atoms in total. The van der Waals surface area contributed by atoms with Crippen molar-refractivity contribution < 1.29 is 23.1 Å². The van der Waals surface area contributed by atoms with E-state index in [-0.39, 0.29) is 47.6 Å². The van der Waals surface area contributed by atoms with E-state index in [0.29, 0.717) is 22.9 Å². The summed E-state index contributed by atoms with van der Waals surface area (Å²) < 4.78 is 32.9. The number of hydrogen-bond acceptors (Lipinski definition) is 7. The van der Waals surface area contributed by atoms with Crippen LogP contribution in [-0.4, -0.2) is 39.4 Å². The summed E-state index contributed by atoms with van der Waals surface area (Å²) in [6.07, 6.45) is 1.09. The van der Waals surface area contributed by atoms with Crippen molar-refractivity contribution in [3.8, 4) is 11.5 Å². The van der Waals surface area contributed by atoms with Crippen molar-refractivity contribution in [2.45, 2.75) is 25.9 Å². The van der Waals surface area contributed by atoms with Crippen molar-refractivity contribution in [2.24, 2.45) is 0 Å². The molecule has 2 heterocycles. The van der Waals surface area contributed by atoms with Crippen molar-refractivity contribution in [3.63, 3.8) is 0 Å². The molecule has 0 fully saturated rings. The average molecular weight is 501 g/mol. The van der Waals surface area contributed by atoms with E-state index in [2.05, 4.69) is 31.1 Å². The molecule has 13 heteroatoms. The van der Waals surface area contributed by atoms with Crippen molar-refractivity contribution in [1.29, 1.82) is 0 Å². The van der Waals surface area contributed by atoms with Gasteiger partial charge >= 0.3 is 6.03 Å². The monoisotopic (exact) mass is 500 g/mol. The van der Waals surface area contributed by atoms with Gasteiger partial charge in [0.2, 0.25) is 11.8 Å². The summed E-state index contributed by atoms with van der Waals surface area (Å²) in [6.45, 7) is 1.51. The summed E-state index contributed by atoms with van der Waals surface area (Å²) in [4.78, 5) is 16.2. The number of carbonyl (C=O) groups excluding carboxylic acids is 1. The standard InChI is InChI=1S/C20H20Cl2F2N6O3/c1-2-20(23,24)13-4-3-12(8-14(13)21)28-19(32)26-6-5-25-17-15(22)7-11(9-27-17)18-30-29-16(10-31)33-18/h3-4,7-9,31H,2,5-6,10H2,1H3,(H,25,27)(H2,26,28,32). The molecule has 2 amide bonds. The van der Waals surface area contributed by atoms with Crippen LogP contribution in [0.15, 0.2) is 34.9 Å². The lowest BCUT2D eigenvalue weighted by atomic mass is 10.1. The number of amides is 2. The molecule has 0 aliphatic carbocycles. The molecule has 0 saturated heterocycles. The molecule has 3 aromatic rings. The Morgan fingerprint density at radius 1 is 1.18 bits per heavy atom. The van der Waals surface area contributed by atoms with Gasteiger partial charge in [-0.05, 0) is 24.3 Å². The largest absolute Gasteiger partial charge is 0.418 e. The van der Waals surface area contributed by atoms with E-state index in [9.17, 15) is 13.6 Å². The third-order valence-corrected chi connectivity index (χ3v) is 5.06. The van der Waals surface area contributed by atoms with Crippen LogP contribution in [0.4, 0.5) is 25.1 Å². The first-order valence-electron chi connectivity index (χ1n) is 9.79. The second-order valence-corrected chi connectivity index (χ2v) is 7.59. The van der Waals surface area contributed by atoms with E-state index in [1.165, 1.54) is 31.3 Å². The van der Waals surface area contributed by atoms with Crippen LogP contribution in [0.1, 0.15) is 24.8 Å². The van der Waals surface area contributed by atoms with Gasteiger partial charge in [0, 0.05) is 37.0 Å². The number of hydrogen-bond donors (Lipinski definition) is 4. The minimum atomic E-state index is -3.04. The van der Waals surface area contributed by atoms with Gasteiger partial charge in [-0.3, -0.25) is 0 Å². The maximum Gasteiger partial charge on any atom is 0.319 e. The first-order chi connectivity index (χ1) is 15.7. The molecule has 0 bridgehead atoms. The summed E-state index contributed by atoms with van der Waals surface area (Å²) in [5.41, 5.74) is 0.480. The lowest BCUT2D eigenvalue weighted by molar-refractivity contribution is -0.00815. The molecule has 0 aliphatic rings. The third-order valence-electron chi connectivity index (χ3n) is 4.46. The van der Waals surface area contributed by atoms with Gasteiger partial charge < -0.3 is 25.5 Å². The zero-order valence-corrected chi connectivity index (χ0v) is 18.8. The topological polar surface area (TPSA) is 125 Å². The number of urea groups is 1. The highest BCUT2D eigenvalue weighted by Crippen LogP contribution is 2.37. The Balaban J connectivity index is 1.48. The molecule has 0 unspecified atom stereocenters. The van der Waals surface area contributed by atoms with Crippen molar-refractivity contribution in [1.82, 2.24) is 20.5 Å². The molecule has 1 aromatic carbocycles. The molecule has 0 saturated carbocycles. The summed E-state index contributed by atoms with van der Waals surface area (Å²) in [5.74, 6) is -2.41. The van der Waals surface area contributed by atoms with Crippen molar-refractivity contribution in [3.05, 3.63) is 52.0 Å². The summed E-state index contributed by atoms with van der Waals surface area (Å²) >= 11 is 12.1. The Bertz CT molecular complexity index is 1130. The maximum absolute atomic E-state index is 13.8. The number of aliphatic hydroxyl groups excluding tert-OH is 1. The molecule has 0 atom stereocenters. The SMILES string of the molecule is CCC(F)(F)c1ccc(NC(=O)NCCNc2ncc(-c3nnc(CO)o3)cc2Cl)cc1Cl. The number of aliphatic hydroxyl groups is 1. The number of halogens is 4. The number of alkyl halides is 2. The zero-order valence-electron chi connectivity index (χ0n) is 17.3. The number of aromatic nitrogens is 3. The minimum Gasteiger partial charge on any atom is -0.418 e. The van der Waals surface area contributed by atoms with E-state index in [4.69, 9.17) is 32.7 Å². The molecule has 0 spiro atoms. The van der Waals surface area contributed by atoms with Gasteiger partial charge in [0.05, 0.1) is 15.6 Å². The Kier molecular flexibility index (Phi) is 8.01. The van der Waals surface area contributed by atoms with Gasteiger partial charge in [0.15, 0.2) is 0 Å². The highest BCUT2D eigenvalue weighted by Gasteiger charge is 2.31. The fraction of sp³-hybridized carbons (Fsp3) is 0.300. The number of carbonyl (C=O) groups is 1. The van der Waals surface area contributed by atoms with Crippen LogP contribution in [0.3, 0.4) is 0 Å². The van der Waals surface area contributed by atoms with E-state index in [1.807, 2.05) is 0 Å². The summed E-state index contributed by atoms with van der Waals surface area (Å²) in [7, 11) is 0. The number of pyridine rings is 1. The third kappa shape index (κ3) is 6.28. The quantitative estimate of drug-likeness (QED) is 0.314. The van der Waals surface area contributed by atoms with Gasteiger partial charge in [-0.15, -0.1) is 10.2 Å². The van der Waals surface area contributed by atoms with Gasteiger partial charge in [-0.1, -0.05) is 30.1 Å². The summed E-state index contributed by atoms with van der Waals surface area (Å²) in [5, 5.41) is 24.7. The molecule has 3 rings (SSSR count). The Morgan fingerprint density at radius 3 is 2.61 bits per heavy atom. The van der Waals surface area contributed by atoms with Gasteiger partial charge in [0.25, 0.3) is 5.92 Å². The van der Waals surface area contributed by atoms with E-state index in [1.54, 1.807) is 6.07 Å². The Hall–Kier alpha value is -3.02. The average Bonchev–Trinajstić information content (AvgIpc) is 3.27. The van der Waals surface area contributed by atoms with Crippen molar-refractivity contribution >= 4 is 40.7 Å². The van der Waals surface area contributed by atoms with Crippen LogP contribution in [0.25, 0.3) is 11.5 Å². The molecule has 4 N–H and O–H groups in total. The van der Waals surface area contributed by atoms with Crippen LogP contribution in [0, 0.1) is 0 Å². The van der Waals surface area contributed by atoms with Crippen LogP contribution in [0.5, 0.6) is 0 Å². The van der Waals surface area contributed by atoms with E-state index in [0.717, 1.165) is 0 Å². The van der Waals surface area contributed by atoms with Gasteiger partial charge in [-0.2, -0.15) is 0 Å². The molecule has 0 aliphatic heterocycles. The number of nitrogens with one attached hydrogen (secondary N) is 3. The van der Waals surface area contributed by atoms with Crippen LogP contribution < -0.4 is 16.0 Å². The predicted molar refractivity (Wildman–Crippen MR) is 120 cm³/mol. The first-order valence-corrected chi connectivity index (χ1v) is 10.5. The van der Waals surface area contributed by atoms with E-state index < -0.39 is 12.0 Å². The number of benzene rings is 1. The highest BCUT2D eigenvalue weighted by atomic mass is 35.5. The van der Waals surface area contributed by atoms with E-state index >= 15 is 0 Å². The molecular weight excluding hydrogens is 481 g/mol. The fourth-order valence-electron chi connectivity index (χ4n) is 2.73. The Labute approximate surface area is 197 Å². The highest BCUT2D eigenvalue weighted by molar-refractivity contribution is 6.33. The predicted octanol–water partition coefficient (Wildman–Crippen LogP) is 4.67. The lowest BCUT2D eigenvalue weighted by Crippen LogP contribution is -2.32. The molecular formula is C20H20Cl2F2N6O3. The number of nitrogens with zero attached hydrogens (tertiary/aromatic N) is 3. The summed E-state index contributed by atoms with van der Waals surface area (Å²) in [6, 6.07) is 4.87. The molecule has 176 valence electrons. The zero-order chi connectivity index (χ0) is 24.0. The van der Waals surface area contributed by atoms with Crippen LogP contribution in [0.2, 0.25) is 10.0 Å². The fourth-order valence-corrected chi connectivity index (χ4v) is 3.28. The second-order valence-electron chi connectivity index (χ2n) is 6.77. The first kappa shape index (κ1) is 24.6. The second kappa shape index (κ2) is 10.7. The molecule has 2 aromatic heterocycles. The van der Waals surface area contributed by atoms with Crippen LogP contribution in [-0.2, 0) is 12.5 Å². The lowest BCUT2D eigenvalue weighted by Gasteiger charge is -2.17. The molecule has 0 radical (unpaired) electrons. The van der Waals surface area contributed by atoms with Crippen LogP contribution >= 0.6 is 23.2 Å². The number of anilines is 2. The van der Waals surface area contributed by atoms with Gasteiger partial charge in [-0.25, -0.2) is 18.6 Å². The smallest absolute Gasteiger partial charge is 0.319 e. The van der Waals surface area contributed by atoms with Gasteiger partial charge in [0.1, 0.15) is 12.4 Å². The minimum absolute atomic E-state index is 0.0739. The van der Waals surface area contributed by atoms with Crippen molar-refractivity contribution in [2.75, 3.05) is 23.7 Å². The number of rotatable bonds is 9. The Morgan fingerprint density at radius 2 is 1.97 bits per heavy atom. The maximum atomic E-state index is 13.8. The normalized spacial score (nSPS) is 11.3. The molecule has 33 heavy (non-hydrogen) atoms.